The van der Waals surface area contributed by atoms with Crippen molar-refractivity contribution in [2.24, 2.45) is 5.16 Å². The molecule has 6 heteroatoms. The van der Waals surface area contributed by atoms with E-state index in [-0.39, 0.29) is 0 Å². The van der Waals surface area contributed by atoms with Gasteiger partial charge in [0.2, 0.25) is 0 Å². The van der Waals surface area contributed by atoms with Gasteiger partial charge in [-0.25, -0.2) is 4.98 Å². The number of nitrogen functional groups attached to an aromatic ring is 1. The van der Waals surface area contributed by atoms with Crippen LogP contribution in [0.3, 0.4) is 0 Å². The third-order valence-corrected chi connectivity index (χ3v) is 4.44. The highest BCUT2D eigenvalue weighted by atomic mass is 35.5. The number of hydrogen-bond acceptors (Lipinski definition) is 4. The fourth-order valence-electron chi connectivity index (χ4n) is 2.98. The molecule has 2 heterocycles. The zero-order valence-electron chi connectivity index (χ0n) is 13.7. The Bertz CT molecular complexity index is 1100. The average molecular weight is 363 g/mol. The second-order valence-electron chi connectivity index (χ2n) is 5.81. The van der Waals surface area contributed by atoms with Gasteiger partial charge in [-0.1, -0.05) is 59.2 Å². The summed E-state index contributed by atoms with van der Waals surface area (Å²) in [5.74, 6) is 0.423. The molecule has 0 fully saturated rings. The minimum absolute atomic E-state index is 0.423. The fraction of sp³-hybridized carbons (Fsp3) is 0. The van der Waals surface area contributed by atoms with Crippen molar-refractivity contribution in [1.29, 1.82) is 0 Å². The summed E-state index contributed by atoms with van der Waals surface area (Å²) in [4.78, 5) is 4.42. The zero-order chi connectivity index (χ0) is 18.1. The molecule has 26 heavy (non-hydrogen) atoms. The Morgan fingerprint density at radius 1 is 0.962 bits per heavy atom. The van der Waals surface area contributed by atoms with Crippen LogP contribution in [0.15, 0.2) is 78.1 Å². The number of imidazole rings is 1. The molecule has 0 spiro atoms. The molecule has 0 saturated carbocycles. The first-order valence-electron chi connectivity index (χ1n) is 7.99. The number of aromatic nitrogens is 2. The predicted octanol–water partition coefficient (Wildman–Crippen LogP) is 4.46. The molecule has 0 aliphatic heterocycles. The van der Waals surface area contributed by atoms with Gasteiger partial charge in [-0.2, -0.15) is 0 Å². The van der Waals surface area contributed by atoms with Gasteiger partial charge in [-0.05, 0) is 24.3 Å². The first-order chi connectivity index (χ1) is 12.7. The molecule has 0 aliphatic carbocycles. The molecule has 0 aliphatic rings. The second kappa shape index (κ2) is 6.54. The topological polar surface area (TPSA) is 75.9 Å². The van der Waals surface area contributed by atoms with E-state index >= 15 is 0 Å². The normalized spacial score (nSPS) is 11.8. The lowest BCUT2D eigenvalue weighted by atomic mass is 10.0. The van der Waals surface area contributed by atoms with Crippen molar-refractivity contribution in [3.8, 4) is 11.3 Å². The van der Waals surface area contributed by atoms with E-state index in [0.717, 1.165) is 22.4 Å². The van der Waals surface area contributed by atoms with Crippen molar-refractivity contribution in [1.82, 2.24) is 9.38 Å². The number of nitrogens with two attached hydrogens (primary N) is 1. The minimum Gasteiger partial charge on any atom is -0.410 e. The summed E-state index contributed by atoms with van der Waals surface area (Å²) in [6.45, 7) is 0. The van der Waals surface area contributed by atoms with Gasteiger partial charge in [0, 0.05) is 27.9 Å². The Morgan fingerprint density at radius 2 is 1.69 bits per heavy atom. The van der Waals surface area contributed by atoms with E-state index in [0.29, 0.717) is 22.2 Å². The van der Waals surface area contributed by atoms with E-state index < -0.39 is 0 Å². The first-order valence-corrected chi connectivity index (χ1v) is 8.36. The number of nitrogens with zero attached hydrogens (tertiary/aromatic N) is 3. The summed E-state index contributed by atoms with van der Waals surface area (Å²) in [6, 6.07) is 20.6. The molecule has 0 amide bonds. The smallest absolute Gasteiger partial charge is 0.150 e. The molecule has 2 aromatic heterocycles. The maximum Gasteiger partial charge on any atom is 0.150 e. The standard InChI is InChI=1S/C20H15ClN4O/c21-16-9-6-14(7-10-16)19-20(22)23-17-11-8-15(12-25(17)19)18(24-26)13-4-2-1-3-5-13/h1-12,26H,22H2/b24-18+. The van der Waals surface area contributed by atoms with E-state index in [9.17, 15) is 5.21 Å². The summed E-state index contributed by atoms with van der Waals surface area (Å²) < 4.78 is 1.89. The summed E-state index contributed by atoms with van der Waals surface area (Å²) >= 11 is 5.99. The molecular formula is C20H15ClN4O. The van der Waals surface area contributed by atoms with Gasteiger partial charge >= 0.3 is 0 Å². The Hall–Kier alpha value is -3.31. The van der Waals surface area contributed by atoms with Crippen molar-refractivity contribution in [3.63, 3.8) is 0 Å². The third-order valence-electron chi connectivity index (χ3n) is 4.18. The summed E-state index contributed by atoms with van der Waals surface area (Å²) in [7, 11) is 0. The summed E-state index contributed by atoms with van der Waals surface area (Å²) in [6.07, 6.45) is 1.87. The Balaban J connectivity index is 1.89. The van der Waals surface area contributed by atoms with Crippen LogP contribution in [0.2, 0.25) is 5.02 Å². The van der Waals surface area contributed by atoms with Crippen LogP contribution in [0.5, 0.6) is 0 Å². The SMILES string of the molecule is Nc1nc2ccc(/C(=N/O)c3ccccc3)cn2c1-c1ccc(Cl)cc1. The molecule has 2 aromatic carbocycles. The van der Waals surface area contributed by atoms with Crippen molar-refractivity contribution in [3.05, 3.63) is 89.1 Å². The molecule has 0 bridgehead atoms. The molecular weight excluding hydrogens is 348 g/mol. The lowest BCUT2D eigenvalue weighted by molar-refractivity contribution is 0.319. The molecule has 5 nitrogen and oxygen atoms in total. The van der Waals surface area contributed by atoms with E-state index in [1.54, 1.807) is 0 Å². The van der Waals surface area contributed by atoms with E-state index in [4.69, 9.17) is 17.3 Å². The number of hydrogen-bond donors (Lipinski definition) is 2. The third kappa shape index (κ3) is 2.78. The lowest BCUT2D eigenvalue weighted by Gasteiger charge is -2.08. The summed E-state index contributed by atoms with van der Waals surface area (Å²) in [5.41, 5.74) is 10.6. The van der Waals surface area contributed by atoms with Crippen LogP contribution < -0.4 is 5.73 Å². The van der Waals surface area contributed by atoms with Crippen molar-refractivity contribution < 1.29 is 5.21 Å². The molecule has 0 radical (unpaired) electrons. The monoisotopic (exact) mass is 362 g/mol. The van der Waals surface area contributed by atoms with Crippen LogP contribution in [0.1, 0.15) is 11.1 Å². The number of benzene rings is 2. The number of rotatable bonds is 3. The molecule has 4 aromatic rings. The van der Waals surface area contributed by atoms with Crippen LogP contribution in [-0.4, -0.2) is 20.3 Å². The van der Waals surface area contributed by atoms with E-state index in [2.05, 4.69) is 10.1 Å². The quantitative estimate of drug-likeness (QED) is 0.321. The van der Waals surface area contributed by atoms with Gasteiger partial charge in [0.15, 0.2) is 5.82 Å². The molecule has 4 rings (SSSR count). The van der Waals surface area contributed by atoms with Crippen molar-refractivity contribution >= 4 is 28.8 Å². The zero-order valence-corrected chi connectivity index (χ0v) is 14.4. The molecule has 128 valence electrons. The average Bonchev–Trinajstić information content (AvgIpc) is 2.99. The highest BCUT2D eigenvalue weighted by Gasteiger charge is 2.15. The van der Waals surface area contributed by atoms with Gasteiger partial charge in [0.25, 0.3) is 0 Å². The van der Waals surface area contributed by atoms with Gasteiger partial charge < -0.3 is 10.9 Å². The maximum atomic E-state index is 9.55. The lowest BCUT2D eigenvalue weighted by Crippen LogP contribution is -2.05. The fourth-order valence-corrected chi connectivity index (χ4v) is 3.10. The minimum atomic E-state index is 0.423. The number of oxime groups is 1. The highest BCUT2D eigenvalue weighted by molar-refractivity contribution is 6.30. The van der Waals surface area contributed by atoms with Gasteiger partial charge in [0.1, 0.15) is 11.4 Å². The van der Waals surface area contributed by atoms with E-state index in [1.807, 2.05) is 77.3 Å². The molecule has 3 N–H and O–H groups in total. The number of fused-ring (bicyclic) bond motifs is 1. The summed E-state index contributed by atoms with van der Waals surface area (Å²) in [5, 5.41) is 13.7. The van der Waals surface area contributed by atoms with Crippen LogP contribution in [0.4, 0.5) is 5.82 Å². The van der Waals surface area contributed by atoms with Crippen molar-refractivity contribution in [2.45, 2.75) is 0 Å². The van der Waals surface area contributed by atoms with Gasteiger partial charge in [0.05, 0.1) is 5.69 Å². The Labute approximate surface area is 155 Å². The molecule has 0 unspecified atom stereocenters. The predicted molar refractivity (Wildman–Crippen MR) is 104 cm³/mol. The van der Waals surface area contributed by atoms with Gasteiger partial charge in [-0.3, -0.25) is 4.40 Å². The van der Waals surface area contributed by atoms with Crippen LogP contribution in [-0.2, 0) is 0 Å². The number of halogens is 1. The second-order valence-corrected chi connectivity index (χ2v) is 6.25. The Morgan fingerprint density at radius 3 is 2.38 bits per heavy atom. The Kier molecular flexibility index (Phi) is 4.07. The number of pyridine rings is 1. The highest BCUT2D eigenvalue weighted by Crippen LogP contribution is 2.28. The number of anilines is 1. The molecule has 0 saturated heterocycles. The van der Waals surface area contributed by atoms with E-state index in [1.165, 1.54) is 0 Å². The van der Waals surface area contributed by atoms with Crippen LogP contribution >= 0.6 is 11.6 Å². The largest absolute Gasteiger partial charge is 0.410 e. The van der Waals surface area contributed by atoms with Crippen LogP contribution in [0, 0.1) is 0 Å². The van der Waals surface area contributed by atoms with Crippen molar-refractivity contribution in [2.75, 3.05) is 5.73 Å². The van der Waals surface area contributed by atoms with Crippen LogP contribution in [0.25, 0.3) is 16.9 Å². The maximum absolute atomic E-state index is 9.55. The van der Waals surface area contributed by atoms with Gasteiger partial charge in [-0.15, -0.1) is 0 Å². The molecule has 0 atom stereocenters. The first kappa shape index (κ1) is 16.2.